The number of amides is 2. The van der Waals surface area contributed by atoms with Crippen molar-refractivity contribution >= 4 is 23.1 Å². The van der Waals surface area contributed by atoms with E-state index in [1.807, 2.05) is 18.4 Å². The zero-order valence-electron chi connectivity index (χ0n) is 17.6. The molecule has 3 aliphatic heterocycles. The van der Waals surface area contributed by atoms with Gasteiger partial charge in [-0.05, 0) is 41.6 Å². The average Bonchev–Trinajstić information content (AvgIpc) is 2.79. The van der Waals surface area contributed by atoms with Crippen LogP contribution < -0.4 is 20.1 Å². The number of anilines is 1. The fraction of sp³-hybridized carbons (Fsp3) is 0.250. The Kier molecular flexibility index (Phi) is 5.45. The van der Waals surface area contributed by atoms with Gasteiger partial charge in [-0.3, -0.25) is 9.59 Å². The van der Waals surface area contributed by atoms with Gasteiger partial charge < -0.3 is 25.0 Å². The summed E-state index contributed by atoms with van der Waals surface area (Å²) < 4.78 is 39.7. The largest absolute Gasteiger partial charge is 0.490 e. The fourth-order valence-electron chi connectivity index (χ4n) is 3.95. The summed E-state index contributed by atoms with van der Waals surface area (Å²) in [7, 11) is 0. The Bertz CT molecular complexity index is 1190. The number of likely N-dealkylation sites (tertiary alicyclic amines) is 1. The van der Waals surface area contributed by atoms with Crippen LogP contribution in [0.5, 0.6) is 11.5 Å². The first kappa shape index (κ1) is 21.0. The highest BCUT2D eigenvalue weighted by molar-refractivity contribution is 6.00. The van der Waals surface area contributed by atoms with Crippen molar-refractivity contribution in [1.29, 1.82) is 0 Å². The van der Waals surface area contributed by atoms with Crippen molar-refractivity contribution in [2.45, 2.75) is 0 Å². The summed E-state index contributed by atoms with van der Waals surface area (Å²) in [4.78, 5) is 25.7. The molecule has 0 bridgehead atoms. The average molecular weight is 453 g/mol. The normalized spacial score (nSPS) is 17.2. The van der Waals surface area contributed by atoms with Gasteiger partial charge in [0.2, 0.25) is 0 Å². The molecule has 2 aromatic carbocycles. The number of hydrogen-bond acceptors (Lipinski definition) is 5. The summed E-state index contributed by atoms with van der Waals surface area (Å²) in [5.41, 5.74) is 1.84. The van der Waals surface area contributed by atoms with E-state index in [0.29, 0.717) is 19.6 Å². The number of nitrogens with zero attached hydrogens (tertiary/aromatic N) is 1. The molecule has 2 amide bonds. The quantitative estimate of drug-likeness (QED) is 0.728. The van der Waals surface area contributed by atoms with Crippen molar-refractivity contribution in [3.8, 4) is 11.5 Å². The molecule has 3 heterocycles. The number of halogens is 2. The summed E-state index contributed by atoms with van der Waals surface area (Å²) in [5.74, 6) is -1.66. The van der Waals surface area contributed by atoms with Gasteiger partial charge in [-0.1, -0.05) is 12.1 Å². The molecule has 0 unspecified atom stereocenters. The molecule has 0 spiro atoms. The van der Waals surface area contributed by atoms with Gasteiger partial charge >= 0.3 is 0 Å². The van der Waals surface area contributed by atoms with E-state index >= 15 is 0 Å². The summed E-state index contributed by atoms with van der Waals surface area (Å²) >= 11 is 0. The van der Waals surface area contributed by atoms with Crippen molar-refractivity contribution in [2.24, 2.45) is 5.92 Å². The molecule has 5 rings (SSSR count). The maximum atomic E-state index is 14.5. The van der Waals surface area contributed by atoms with Crippen molar-refractivity contribution in [3.05, 3.63) is 71.4 Å². The number of rotatable bonds is 5. The first-order chi connectivity index (χ1) is 16.0. The number of allylic oxidation sites excluding steroid dienone is 2. The van der Waals surface area contributed by atoms with Crippen LogP contribution >= 0.6 is 0 Å². The second kappa shape index (κ2) is 8.57. The molecule has 0 aliphatic carbocycles. The van der Waals surface area contributed by atoms with Gasteiger partial charge in [-0.15, -0.1) is 0 Å². The topological polar surface area (TPSA) is 79.9 Å². The standard InChI is InChI=1S/C24H21F2N3O4/c25-18-9-22-20(28-23(30)13-33-22)8-17(18)24(31)29-10-14(11-29)12-32-21-2-1-16(7-19(21)26)15-3-5-27-6-4-15/h1-5,7-9,14,27H,6,10-13H2,(H,28,30). The third-order valence-corrected chi connectivity index (χ3v) is 5.74. The molecule has 0 radical (unpaired) electrons. The van der Waals surface area contributed by atoms with Gasteiger partial charge in [0.05, 0.1) is 17.9 Å². The Morgan fingerprint density at radius 2 is 2.03 bits per heavy atom. The second-order valence-electron chi connectivity index (χ2n) is 8.10. The lowest BCUT2D eigenvalue weighted by molar-refractivity contribution is -0.118. The molecule has 0 aromatic heterocycles. The molecule has 0 saturated carbocycles. The van der Waals surface area contributed by atoms with Gasteiger partial charge in [0.1, 0.15) is 11.6 Å². The van der Waals surface area contributed by atoms with Crippen LogP contribution in [-0.2, 0) is 4.79 Å². The summed E-state index contributed by atoms with van der Waals surface area (Å²) in [6.45, 7) is 1.47. The van der Waals surface area contributed by atoms with Crippen molar-refractivity contribution in [2.75, 3.05) is 38.2 Å². The van der Waals surface area contributed by atoms with E-state index in [9.17, 15) is 18.4 Å². The van der Waals surface area contributed by atoms with Crippen LogP contribution in [0.4, 0.5) is 14.5 Å². The van der Waals surface area contributed by atoms with Crippen molar-refractivity contribution in [3.63, 3.8) is 0 Å². The Morgan fingerprint density at radius 3 is 2.79 bits per heavy atom. The van der Waals surface area contributed by atoms with E-state index < -0.39 is 17.5 Å². The van der Waals surface area contributed by atoms with Crippen LogP contribution in [0.3, 0.4) is 0 Å². The molecular formula is C24H21F2N3O4. The first-order valence-electron chi connectivity index (χ1n) is 10.6. The Hall–Kier alpha value is -3.88. The predicted molar refractivity (Wildman–Crippen MR) is 117 cm³/mol. The molecule has 1 saturated heterocycles. The lowest BCUT2D eigenvalue weighted by atomic mass is 9.99. The highest BCUT2D eigenvalue weighted by atomic mass is 19.1. The molecule has 0 atom stereocenters. The van der Waals surface area contributed by atoms with Crippen LogP contribution in [-0.4, -0.2) is 49.6 Å². The lowest BCUT2D eigenvalue weighted by Gasteiger charge is -2.39. The molecular weight excluding hydrogens is 432 g/mol. The zero-order chi connectivity index (χ0) is 22.9. The fourth-order valence-corrected chi connectivity index (χ4v) is 3.95. The van der Waals surface area contributed by atoms with E-state index in [4.69, 9.17) is 9.47 Å². The Labute approximate surface area is 188 Å². The Morgan fingerprint density at radius 1 is 1.18 bits per heavy atom. The molecule has 170 valence electrons. The van der Waals surface area contributed by atoms with E-state index in [1.54, 1.807) is 12.1 Å². The number of dihydropyridines is 1. The smallest absolute Gasteiger partial charge is 0.262 e. The Balaban J connectivity index is 1.17. The highest BCUT2D eigenvalue weighted by Gasteiger charge is 2.34. The SMILES string of the molecule is O=C1COc2cc(F)c(C(=O)N3CC(COc4ccc(C5=CCNC=C5)cc4F)C3)cc2N1. The van der Waals surface area contributed by atoms with Gasteiger partial charge in [0, 0.05) is 31.6 Å². The van der Waals surface area contributed by atoms with Crippen LogP contribution in [0, 0.1) is 17.6 Å². The van der Waals surface area contributed by atoms with Crippen molar-refractivity contribution < 1.29 is 27.8 Å². The van der Waals surface area contributed by atoms with E-state index in [1.165, 1.54) is 17.0 Å². The first-order valence-corrected chi connectivity index (χ1v) is 10.6. The number of ether oxygens (including phenoxy) is 2. The van der Waals surface area contributed by atoms with Crippen LogP contribution in [0.1, 0.15) is 15.9 Å². The van der Waals surface area contributed by atoms with Crippen LogP contribution in [0.2, 0.25) is 0 Å². The van der Waals surface area contributed by atoms with Gasteiger partial charge in [0.15, 0.2) is 18.2 Å². The summed E-state index contributed by atoms with van der Waals surface area (Å²) in [6, 6.07) is 7.23. The number of fused-ring (bicyclic) bond motifs is 1. The number of nitrogens with one attached hydrogen (secondary N) is 2. The minimum Gasteiger partial charge on any atom is -0.490 e. The number of hydrogen-bond donors (Lipinski definition) is 2. The second-order valence-corrected chi connectivity index (χ2v) is 8.10. The zero-order valence-corrected chi connectivity index (χ0v) is 17.6. The van der Waals surface area contributed by atoms with E-state index in [2.05, 4.69) is 10.6 Å². The highest BCUT2D eigenvalue weighted by Crippen LogP contribution is 2.32. The maximum Gasteiger partial charge on any atom is 0.262 e. The van der Waals surface area contributed by atoms with Crippen LogP contribution in [0.25, 0.3) is 5.57 Å². The van der Waals surface area contributed by atoms with Gasteiger partial charge in [-0.2, -0.15) is 0 Å². The van der Waals surface area contributed by atoms with E-state index in [-0.39, 0.29) is 47.8 Å². The summed E-state index contributed by atoms with van der Waals surface area (Å²) in [6.07, 6.45) is 5.67. The number of carbonyl (C=O) groups is 2. The lowest BCUT2D eigenvalue weighted by Crippen LogP contribution is -2.52. The predicted octanol–water partition coefficient (Wildman–Crippen LogP) is 2.95. The summed E-state index contributed by atoms with van der Waals surface area (Å²) in [5, 5.41) is 5.62. The van der Waals surface area contributed by atoms with Gasteiger partial charge in [0.25, 0.3) is 11.8 Å². The van der Waals surface area contributed by atoms with Crippen molar-refractivity contribution in [1.82, 2.24) is 10.2 Å². The minimum absolute atomic E-state index is 0.00631. The monoisotopic (exact) mass is 453 g/mol. The van der Waals surface area contributed by atoms with Crippen LogP contribution in [0.15, 0.2) is 48.7 Å². The molecule has 3 aliphatic rings. The maximum absolute atomic E-state index is 14.5. The molecule has 7 nitrogen and oxygen atoms in total. The van der Waals surface area contributed by atoms with E-state index in [0.717, 1.165) is 17.2 Å². The minimum atomic E-state index is -0.713. The molecule has 1 fully saturated rings. The number of carbonyl (C=O) groups excluding carboxylic acids is 2. The molecule has 33 heavy (non-hydrogen) atoms. The molecule has 9 heteroatoms. The van der Waals surface area contributed by atoms with Gasteiger partial charge in [-0.25, -0.2) is 8.78 Å². The number of benzene rings is 2. The third kappa shape index (κ3) is 4.26. The third-order valence-electron chi connectivity index (χ3n) is 5.74. The molecule has 2 aromatic rings. The molecule has 2 N–H and O–H groups in total.